The Balaban J connectivity index is 1.87. The Hall–Kier alpha value is -2.01. The van der Waals surface area contributed by atoms with Crippen LogP contribution in [0.15, 0.2) is 46.9 Å². The van der Waals surface area contributed by atoms with Crippen LogP contribution in [0.25, 0.3) is 0 Å². The van der Waals surface area contributed by atoms with E-state index in [0.717, 1.165) is 34.4 Å². The number of carbonyl (C=O) groups is 1. The van der Waals surface area contributed by atoms with Crippen molar-refractivity contribution >= 4 is 21.8 Å². The molecule has 4 nitrogen and oxygen atoms in total. The van der Waals surface area contributed by atoms with Crippen molar-refractivity contribution < 1.29 is 14.3 Å². The van der Waals surface area contributed by atoms with E-state index < -0.39 is 0 Å². The number of hydrogen-bond donors (Lipinski definition) is 0. The summed E-state index contributed by atoms with van der Waals surface area (Å²) in [4.78, 5) is 14.9. The quantitative estimate of drug-likeness (QED) is 0.740. The number of nitrogens with zero attached hydrogens (tertiary/aromatic N) is 1. The summed E-state index contributed by atoms with van der Waals surface area (Å²) in [6.45, 7) is 0.514. The molecule has 0 atom stereocenters. The van der Waals surface area contributed by atoms with Crippen molar-refractivity contribution in [2.75, 3.05) is 14.2 Å². The summed E-state index contributed by atoms with van der Waals surface area (Å²) in [5.41, 5.74) is 1.65. The van der Waals surface area contributed by atoms with Gasteiger partial charge in [0.25, 0.3) is 5.91 Å². The van der Waals surface area contributed by atoms with Gasteiger partial charge in [-0.3, -0.25) is 4.79 Å². The van der Waals surface area contributed by atoms with E-state index in [-0.39, 0.29) is 5.91 Å². The summed E-state index contributed by atoms with van der Waals surface area (Å²) >= 11 is 3.41. The zero-order valence-corrected chi connectivity index (χ0v) is 15.4. The molecule has 24 heavy (non-hydrogen) atoms. The monoisotopic (exact) mass is 389 g/mol. The van der Waals surface area contributed by atoms with Gasteiger partial charge in [-0.2, -0.15) is 0 Å². The van der Waals surface area contributed by atoms with E-state index in [2.05, 4.69) is 15.9 Å². The van der Waals surface area contributed by atoms with Gasteiger partial charge in [0, 0.05) is 21.6 Å². The summed E-state index contributed by atoms with van der Waals surface area (Å²) in [5.74, 6) is 1.58. The maximum Gasteiger partial charge on any atom is 0.254 e. The molecule has 0 aromatic heterocycles. The van der Waals surface area contributed by atoms with Gasteiger partial charge in [-0.1, -0.05) is 15.9 Å². The minimum absolute atomic E-state index is 0.0508. The normalized spacial score (nSPS) is 13.5. The van der Waals surface area contributed by atoms with Gasteiger partial charge in [0.2, 0.25) is 0 Å². The molecule has 0 spiro atoms. The first kappa shape index (κ1) is 16.8. The standard InChI is InChI=1S/C19H20BrNO3/c1-23-17-9-10-18(24-2)14(11-17)12-21(16-7-8-16)19(22)13-3-5-15(20)6-4-13/h3-6,9-11,16H,7-8,12H2,1-2H3. The maximum absolute atomic E-state index is 12.9. The second-order valence-electron chi connectivity index (χ2n) is 5.85. The van der Waals surface area contributed by atoms with Crippen LogP contribution in [0, 0.1) is 0 Å². The minimum atomic E-state index is 0.0508. The summed E-state index contributed by atoms with van der Waals surface area (Å²) in [5, 5.41) is 0. The Kier molecular flexibility index (Phi) is 5.09. The van der Waals surface area contributed by atoms with Gasteiger partial charge in [-0.15, -0.1) is 0 Å². The number of methoxy groups -OCH3 is 2. The summed E-state index contributed by atoms with van der Waals surface area (Å²) in [6, 6.07) is 13.5. The van der Waals surface area contributed by atoms with E-state index in [1.807, 2.05) is 47.4 Å². The van der Waals surface area contributed by atoms with E-state index in [1.54, 1.807) is 14.2 Å². The number of rotatable bonds is 6. The molecular weight excluding hydrogens is 370 g/mol. The second kappa shape index (κ2) is 7.26. The topological polar surface area (TPSA) is 38.8 Å². The summed E-state index contributed by atoms with van der Waals surface area (Å²) < 4.78 is 11.7. The predicted molar refractivity (Wildman–Crippen MR) is 96.6 cm³/mol. The van der Waals surface area contributed by atoms with E-state index in [9.17, 15) is 4.79 Å². The molecular formula is C19H20BrNO3. The van der Waals surface area contributed by atoms with Crippen LogP contribution in [0.2, 0.25) is 0 Å². The molecule has 0 aliphatic heterocycles. The highest BCUT2D eigenvalue weighted by molar-refractivity contribution is 9.10. The van der Waals surface area contributed by atoms with Crippen LogP contribution in [-0.4, -0.2) is 31.1 Å². The Morgan fingerprint density at radius 1 is 1.12 bits per heavy atom. The summed E-state index contributed by atoms with van der Waals surface area (Å²) in [6.07, 6.45) is 2.10. The van der Waals surface area contributed by atoms with Crippen molar-refractivity contribution in [2.24, 2.45) is 0 Å². The Labute approximate surface area is 150 Å². The predicted octanol–water partition coefficient (Wildman–Crippen LogP) is 4.27. The van der Waals surface area contributed by atoms with Crippen molar-refractivity contribution in [1.82, 2.24) is 4.90 Å². The number of benzene rings is 2. The maximum atomic E-state index is 12.9. The van der Waals surface area contributed by atoms with Crippen LogP contribution in [-0.2, 0) is 6.54 Å². The Morgan fingerprint density at radius 3 is 2.42 bits per heavy atom. The van der Waals surface area contributed by atoms with Crippen LogP contribution < -0.4 is 9.47 Å². The van der Waals surface area contributed by atoms with Gasteiger partial charge in [0.15, 0.2) is 0 Å². The molecule has 0 radical (unpaired) electrons. The van der Waals surface area contributed by atoms with E-state index >= 15 is 0 Å². The summed E-state index contributed by atoms with van der Waals surface area (Å²) in [7, 11) is 3.28. The van der Waals surface area contributed by atoms with E-state index in [4.69, 9.17) is 9.47 Å². The molecule has 5 heteroatoms. The third-order valence-corrected chi connectivity index (χ3v) is 4.70. The average molecular weight is 390 g/mol. The number of amides is 1. The van der Waals surface area contributed by atoms with Crippen molar-refractivity contribution in [2.45, 2.75) is 25.4 Å². The molecule has 1 aliphatic rings. The molecule has 1 amide bonds. The molecule has 0 saturated heterocycles. The van der Waals surface area contributed by atoms with Gasteiger partial charge in [0.1, 0.15) is 11.5 Å². The van der Waals surface area contributed by atoms with Gasteiger partial charge in [-0.25, -0.2) is 0 Å². The zero-order valence-electron chi connectivity index (χ0n) is 13.8. The molecule has 1 aliphatic carbocycles. The van der Waals surface area contributed by atoms with Gasteiger partial charge >= 0.3 is 0 Å². The Bertz CT molecular complexity index is 726. The largest absolute Gasteiger partial charge is 0.497 e. The molecule has 3 rings (SSSR count). The fraction of sp³-hybridized carbons (Fsp3) is 0.316. The van der Waals surface area contributed by atoms with Crippen molar-refractivity contribution in [1.29, 1.82) is 0 Å². The lowest BCUT2D eigenvalue weighted by Gasteiger charge is -2.24. The molecule has 0 N–H and O–H groups in total. The highest BCUT2D eigenvalue weighted by Crippen LogP contribution is 2.33. The minimum Gasteiger partial charge on any atom is -0.497 e. The molecule has 0 heterocycles. The van der Waals surface area contributed by atoms with Gasteiger partial charge in [-0.05, 0) is 55.3 Å². The third kappa shape index (κ3) is 3.73. The highest BCUT2D eigenvalue weighted by Gasteiger charge is 2.33. The number of halogens is 1. The van der Waals surface area contributed by atoms with Crippen LogP contribution in [0.1, 0.15) is 28.8 Å². The Morgan fingerprint density at radius 2 is 1.83 bits per heavy atom. The van der Waals surface area contributed by atoms with Crippen LogP contribution in [0.3, 0.4) is 0 Å². The number of carbonyl (C=O) groups excluding carboxylic acids is 1. The third-order valence-electron chi connectivity index (χ3n) is 4.17. The van der Waals surface area contributed by atoms with Crippen molar-refractivity contribution in [3.05, 3.63) is 58.1 Å². The highest BCUT2D eigenvalue weighted by atomic mass is 79.9. The van der Waals surface area contributed by atoms with E-state index in [0.29, 0.717) is 18.2 Å². The molecule has 2 aromatic rings. The van der Waals surface area contributed by atoms with Crippen LogP contribution in [0.4, 0.5) is 0 Å². The lowest BCUT2D eigenvalue weighted by atomic mass is 10.1. The van der Waals surface area contributed by atoms with Crippen LogP contribution in [0.5, 0.6) is 11.5 Å². The van der Waals surface area contributed by atoms with Crippen molar-refractivity contribution in [3.8, 4) is 11.5 Å². The fourth-order valence-corrected chi connectivity index (χ4v) is 2.96. The molecule has 0 unspecified atom stereocenters. The molecule has 1 fully saturated rings. The fourth-order valence-electron chi connectivity index (χ4n) is 2.70. The number of ether oxygens (including phenoxy) is 2. The first-order chi connectivity index (χ1) is 11.6. The molecule has 1 saturated carbocycles. The molecule has 0 bridgehead atoms. The van der Waals surface area contributed by atoms with Crippen molar-refractivity contribution in [3.63, 3.8) is 0 Å². The molecule has 2 aromatic carbocycles. The number of hydrogen-bond acceptors (Lipinski definition) is 3. The van der Waals surface area contributed by atoms with E-state index in [1.165, 1.54) is 0 Å². The lowest BCUT2D eigenvalue weighted by Crippen LogP contribution is -2.32. The smallest absolute Gasteiger partial charge is 0.254 e. The first-order valence-electron chi connectivity index (χ1n) is 7.90. The van der Waals surface area contributed by atoms with Gasteiger partial charge < -0.3 is 14.4 Å². The average Bonchev–Trinajstić information content (AvgIpc) is 3.44. The second-order valence-corrected chi connectivity index (χ2v) is 6.76. The van der Waals surface area contributed by atoms with Gasteiger partial charge in [0.05, 0.1) is 20.8 Å². The lowest BCUT2D eigenvalue weighted by molar-refractivity contribution is 0.0728. The first-order valence-corrected chi connectivity index (χ1v) is 8.69. The van der Waals surface area contributed by atoms with Crippen LogP contribution >= 0.6 is 15.9 Å². The molecule has 126 valence electrons. The SMILES string of the molecule is COc1ccc(OC)c(CN(C(=O)c2ccc(Br)cc2)C2CC2)c1. The zero-order chi connectivity index (χ0) is 17.1.